The van der Waals surface area contributed by atoms with Crippen molar-refractivity contribution in [3.05, 3.63) is 28.5 Å². The first-order valence-corrected chi connectivity index (χ1v) is 10.2. The average molecular weight is 420 g/mol. The number of carbonyl (C=O) groups excluding carboxylic acids is 1. The second kappa shape index (κ2) is 6.72. The van der Waals surface area contributed by atoms with E-state index >= 15 is 0 Å². The SMILES string of the molecule is COC(=O)C1CC2CCCCC2N1S(=O)(=O)c1ccc(F)cc1Br. The van der Waals surface area contributed by atoms with Gasteiger partial charge >= 0.3 is 5.97 Å². The first-order valence-electron chi connectivity index (χ1n) is 7.92. The first-order chi connectivity index (χ1) is 11.4. The molecule has 0 bridgehead atoms. The van der Waals surface area contributed by atoms with Crippen LogP contribution in [0.15, 0.2) is 27.6 Å². The molecule has 3 rings (SSSR count). The fourth-order valence-electron chi connectivity index (χ4n) is 3.90. The zero-order valence-electron chi connectivity index (χ0n) is 13.2. The van der Waals surface area contributed by atoms with Gasteiger partial charge in [-0.05, 0) is 59.3 Å². The van der Waals surface area contributed by atoms with E-state index in [9.17, 15) is 17.6 Å². The van der Waals surface area contributed by atoms with E-state index in [0.717, 1.165) is 37.8 Å². The van der Waals surface area contributed by atoms with Crippen LogP contribution in [0.1, 0.15) is 32.1 Å². The minimum absolute atomic E-state index is 0.0240. The predicted octanol–water partition coefficient (Wildman–Crippen LogP) is 3.08. The summed E-state index contributed by atoms with van der Waals surface area (Å²) in [6.45, 7) is 0. The average Bonchev–Trinajstić information content (AvgIpc) is 2.93. The van der Waals surface area contributed by atoms with Gasteiger partial charge in [0, 0.05) is 10.5 Å². The quantitative estimate of drug-likeness (QED) is 0.706. The van der Waals surface area contributed by atoms with Crippen molar-refractivity contribution in [1.82, 2.24) is 4.31 Å². The highest BCUT2D eigenvalue weighted by Crippen LogP contribution is 2.43. The number of methoxy groups -OCH3 is 1. The van der Waals surface area contributed by atoms with Gasteiger partial charge in [-0.15, -0.1) is 0 Å². The maximum absolute atomic E-state index is 13.3. The number of nitrogens with zero attached hydrogens (tertiary/aromatic N) is 1. The molecule has 2 fully saturated rings. The number of rotatable bonds is 3. The second-order valence-corrected chi connectivity index (χ2v) is 8.96. The molecule has 3 atom stereocenters. The Morgan fingerprint density at radius 3 is 2.71 bits per heavy atom. The van der Waals surface area contributed by atoms with Crippen molar-refractivity contribution < 1.29 is 22.3 Å². The van der Waals surface area contributed by atoms with E-state index in [1.54, 1.807) is 0 Å². The van der Waals surface area contributed by atoms with Gasteiger partial charge in [0.25, 0.3) is 0 Å². The Morgan fingerprint density at radius 2 is 2.04 bits per heavy atom. The van der Waals surface area contributed by atoms with E-state index < -0.39 is 27.9 Å². The molecule has 0 amide bonds. The number of hydrogen-bond donors (Lipinski definition) is 0. The van der Waals surface area contributed by atoms with Gasteiger partial charge in [-0.1, -0.05) is 12.8 Å². The Kier molecular flexibility index (Phi) is 4.99. The third kappa shape index (κ3) is 2.99. The smallest absolute Gasteiger partial charge is 0.324 e. The molecule has 1 aromatic rings. The standard InChI is InChI=1S/C16H19BrFNO4S/c1-23-16(20)14-8-10-4-2-3-5-13(10)19(14)24(21,22)15-7-6-11(18)9-12(15)17/h6-7,9-10,13-14H,2-5,8H2,1H3. The number of halogens is 2. The normalized spacial score (nSPS) is 27.7. The summed E-state index contributed by atoms with van der Waals surface area (Å²) in [5, 5.41) is 0. The van der Waals surface area contributed by atoms with Gasteiger partial charge in [0.1, 0.15) is 11.9 Å². The molecule has 24 heavy (non-hydrogen) atoms. The van der Waals surface area contributed by atoms with Crippen molar-refractivity contribution in [2.75, 3.05) is 7.11 Å². The molecule has 2 aliphatic rings. The first kappa shape index (κ1) is 17.8. The van der Waals surface area contributed by atoms with Gasteiger partial charge in [-0.2, -0.15) is 4.31 Å². The van der Waals surface area contributed by atoms with Crippen LogP contribution in [-0.2, 0) is 19.6 Å². The summed E-state index contributed by atoms with van der Waals surface area (Å²) >= 11 is 3.13. The number of esters is 1. The molecule has 0 N–H and O–H groups in total. The molecule has 0 radical (unpaired) electrons. The number of carbonyl (C=O) groups is 1. The van der Waals surface area contributed by atoms with Crippen molar-refractivity contribution >= 4 is 31.9 Å². The van der Waals surface area contributed by atoms with Crippen molar-refractivity contribution in [3.8, 4) is 0 Å². The van der Waals surface area contributed by atoms with Crippen LogP contribution in [0.2, 0.25) is 0 Å². The van der Waals surface area contributed by atoms with Crippen LogP contribution in [0.5, 0.6) is 0 Å². The molecular formula is C16H19BrFNO4S. The topological polar surface area (TPSA) is 63.7 Å². The fourth-order valence-corrected chi connectivity index (χ4v) is 6.78. The van der Waals surface area contributed by atoms with Crippen LogP contribution in [0.4, 0.5) is 4.39 Å². The monoisotopic (exact) mass is 419 g/mol. The lowest BCUT2D eigenvalue weighted by molar-refractivity contribution is -0.144. The molecule has 1 saturated heterocycles. The molecule has 0 spiro atoms. The molecule has 8 heteroatoms. The van der Waals surface area contributed by atoms with Gasteiger partial charge in [-0.3, -0.25) is 4.79 Å². The van der Waals surface area contributed by atoms with Gasteiger partial charge in [0.2, 0.25) is 10.0 Å². The molecule has 1 aromatic carbocycles. The minimum Gasteiger partial charge on any atom is -0.468 e. The Bertz CT molecular complexity index is 754. The highest BCUT2D eigenvalue weighted by molar-refractivity contribution is 9.10. The predicted molar refractivity (Wildman–Crippen MR) is 89.3 cm³/mol. The molecule has 0 aromatic heterocycles. The van der Waals surface area contributed by atoms with Crippen molar-refractivity contribution in [1.29, 1.82) is 0 Å². The number of ether oxygens (including phenoxy) is 1. The largest absolute Gasteiger partial charge is 0.468 e. The second-order valence-electron chi connectivity index (χ2n) is 6.30. The molecule has 132 valence electrons. The van der Waals surface area contributed by atoms with Crippen LogP contribution in [-0.4, -0.2) is 37.9 Å². The summed E-state index contributed by atoms with van der Waals surface area (Å²) in [6, 6.07) is 2.45. The maximum atomic E-state index is 13.3. The number of sulfonamides is 1. The van der Waals surface area contributed by atoms with Crippen LogP contribution in [0, 0.1) is 11.7 Å². The van der Waals surface area contributed by atoms with Gasteiger partial charge in [0.15, 0.2) is 0 Å². The summed E-state index contributed by atoms with van der Waals surface area (Å²) in [5.74, 6) is -0.898. The van der Waals surface area contributed by atoms with Gasteiger partial charge in [0.05, 0.1) is 12.0 Å². The highest BCUT2D eigenvalue weighted by atomic mass is 79.9. The summed E-state index contributed by atoms with van der Waals surface area (Å²) in [4.78, 5) is 12.2. The molecule has 1 saturated carbocycles. The van der Waals surface area contributed by atoms with Gasteiger partial charge < -0.3 is 4.74 Å². The summed E-state index contributed by atoms with van der Waals surface area (Å²) in [6.07, 6.45) is 4.11. The van der Waals surface area contributed by atoms with E-state index in [0.29, 0.717) is 6.42 Å². The zero-order chi connectivity index (χ0) is 17.5. The number of hydrogen-bond acceptors (Lipinski definition) is 4. The minimum atomic E-state index is -3.94. The lowest BCUT2D eigenvalue weighted by Crippen LogP contribution is -2.46. The summed E-state index contributed by atoms with van der Waals surface area (Å²) in [7, 11) is -2.68. The zero-order valence-corrected chi connectivity index (χ0v) is 15.6. The molecule has 5 nitrogen and oxygen atoms in total. The highest BCUT2D eigenvalue weighted by Gasteiger charge is 2.51. The Balaban J connectivity index is 2.06. The maximum Gasteiger partial charge on any atom is 0.324 e. The third-order valence-electron chi connectivity index (χ3n) is 4.95. The van der Waals surface area contributed by atoms with Crippen LogP contribution < -0.4 is 0 Å². The fraction of sp³-hybridized carbons (Fsp3) is 0.562. The van der Waals surface area contributed by atoms with Crippen molar-refractivity contribution in [2.45, 2.75) is 49.1 Å². The molecule has 3 unspecified atom stereocenters. The van der Waals surface area contributed by atoms with Gasteiger partial charge in [-0.25, -0.2) is 12.8 Å². The van der Waals surface area contributed by atoms with E-state index in [1.807, 2.05) is 0 Å². The van der Waals surface area contributed by atoms with E-state index in [4.69, 9.17) is 4.74 Å². The third-order valence-corrected chi connectivity index (χ3v) is 7.86. The Hall–Kier alpha value is -0.990. The molecular weight excluding hydrogens is 401 g/mol. The molecule has 1 aliphatic carbocycles. The van der Waals surface area contributed by atoms with E-state index in [-0.39, 0.29) is 21.3 Å². The number of benzene rings is 1. The lowest BCUT2D eigenvalue weighted by atomic mass is 9.85. The summed E-state index contributed by atoms with van der Waals surface area (Å²) < 4.78 is 46.1. The van der Waals surface area contributed by atoms with Crippen molar-refractivity contribution in [3.63, 3.8) is 0 Å². The van der Waals surface area contributed by atoms with Crippen LogP contribution in [0.25, 0.3) is 0 Å². The van der Waals surface area contributed by atoms with Crippen molar-refractivity contribution in [2.24, 2.45) is 5.92 Å². The van der Waals surface area contributed by atoms with E-state index in [2.05, 4.69) is 15.9 Å². The number of fused-ring (bicyclic) bond motifs is 1. The summed E-state index contributed by atoms with van der Waals surface area (Å²) in [5.41, 5.74) is 0. The van der Waals surface area contributed by atoms with Crippen LogP contribution >= 0.6 is 15.9 Å². The molecule has 1 aliphatic heterocycles. The van der Waals surface area contributed by atoms with E-state index in [1.165, 1.54) is 17.5 Å². The Morgan fingerprint density at radius 1 is 1.33 bits per heavy atom. The Labute approximate surface area is 149 Å². The molecule has 1 heterocycles. The van der Waals surface area contributed by atoms with Crippen LogP contribution in [0.3, 0.4) is 0 Å². The lowest BCUT2D eigenvalue weighted by Gasteiger charge is -2.32.